The molecule has 0 heterocycles. The van der Waals surface area contributed by atoms with Crippen LogP contribution < -0.4 is 0 Å². The van der Waals surface area contributed by atoms with Gasteiger partial charge in [0.05, 0.1) is 6.54 Å². The number of ether oxygens (including phenoxy) is 1. The standard InChI is InChI=1S/C10H10FNO2/c1-14-10(6-12-7-13)8-3-2-4-9(11)5-8/h2-5,10H,6H2,1H3. The van der Waals surface area contributed by atoms with Gasteiger partial charge in [-0.15, -0.1) is 0 Å². The molecule has 0 aliphatic rings. The molecular weight excluding hydrogens is 185 g/mol. The fraction of sp³-hybridized carbons (Fsp3) is 0.300. The van der Waals surface area contributed by atoms with Gasteiger partial charge in [-0.1, -0.05) is 12.1 Å². The van der Waals surface area contributed by atoms with Gasteiger partial charge in [-0.3, -0.25) is 0 Å². The molecule has 1 aromatic carbocycles. The Hall–Kier alpha value is -1.51. The van der Waals surface area contributed by atoms with E-state index in [0.29, 0.717) is 5.56 Å². The molecule has 1 unspecified atom stereocenters. The number of hydrogen-bond donors (Lipinski definition) is 0. The molecule has 1 rings (SSSR count). The Bertz CT molecular complexity index is 348. The van der Waals surface area contributed by atoms with E-state index in [-0.39, 0.29) is 12.4 Å². The third kappa shape index (κ3) is 2.76. The predicted octanol–water partition coefficient (Wildman–Crippen LogP) is 1.85. The summed E-state index contributed by atoms with van der Waals surface area (Å²) in [5.74, 6) is -0.334. The molecule has 1 aromatic rings. The lowest BCUT2D eigenvalue weighted by Crippen LogP contribution is -2.05. The van der Waals surface area contributed by atoms with Crippen LogP contribution in [0.15, 0.2) is 29.3 Å². The van der Waals surface area contributed by atoms with Gasteiger partial charge in [0.1, 0.15) is 11.9 Å². The van der Waals surface area contributed by atoms with Crippen LogP contribution in [0.3, 0.4) is 0 Å². The van der Waals surface area contributed by atoms with Gasteiger partial charge < -0.3 is 4.74 Å². The number of benzene rings is 1. The van der Waals surface area contributed by atoms with E-state index in [4.69, 9.17) is 4.74 Å². The highest BCUT2D eigenvalue weighted by atomic mass is 19.1. The minimum Gasteiger partial charge on any atom is -0.375 e. The second-order valence-corrected chi connectivity index (χ2v) is 2.71. The van der Waals surface area contributed by atoms with Gasteiger partial charge in [0, 0.05) is 7.11 Å². The molecule has 0 radical (unpaired) electrons. The number of hydrogen-bond acceptors (Lipinski definition) is 3. The maximum absolute atomic E-state index is 12.8. The summed E-state index contributed by atoms with van der Waals surface area (Å²) in [6, 6.07) is 6.01. The summed E-state index contributed by atoms with van der Waals surface area (Å²) in [6.45, 7) is 0.156. The molecule has 74 valence electrons. The van der Waals surface area contributed by atoms with E-state index in [1.807, 2.05) is 0 Å². The molecule has 0 fully saturated rings. The topological polar surface area (TPSA) is 38.7 Å². The lowest BCUT2D eigenvalue weighted by atomic mass is 10.1. The van der Waals surface area contributed by atoms with Gasteiger partial charge in [-0.2, -0.15) is 0 Å². The van der Waals surface area contributed by atoms with E-state index < -0.39 is 6.10 Å². The van der Waals surface area contributed by atoms with Crippen LogP contribution in [0.5, 0.6) is 0 Å². The van der Waals surface area contributed by atoms with Crippen molar-refractivity contribution >= 4 is 6.08 Å². The number of isocyanates is 1. The van der Waals surface area contributed by atoms with Gasteiger partial charge in [0.2, 0.25) is 6.08 Å². The van der Waals surface area contributed by atoms with Crippen molar-refractivity contribution in [3.63, 3.8) is 0 Å². The van der Waals surface area contributed by atoms with Gasteiger partial charge in [-0.25, -0.2) is 14.2 Å². The highest BCUT2D eigenvalue weighted by Gasteiger charge is 2.09. The van der Waals surface area contributed by atoms with E-state index in [9.17, 15) is 9.18 Å². The fourth-order valence-electron chi connectivity index (χ4n) is 1.14. The van der Waals surface area contributed by atoms with E-state index in [2.05, 4.69) is 4.99 Å². The summed E-state index contributed by atoms with van der Waals surface area (Å²) in [6.07, 6.45) is 1.02. The molecule has 0 amide bonds. The van der Waals surface area contributed by atoms with Gasteiger partial charge >= 0.3 is 0 Å². The molecular formula is C10H10FNO2. The smallest absolute Gasteiger partial charge is 0.235 e. The molecule has 0 aromatic heterocycles. The Morgan fingerprint density at radius 3 is 3.00 bits per heavy atom. The first kappa shape index (κ1) is 10.6. The summed E-state index contributed by atoms with van der Waals surface area (Å²) < 4.78 is 17.9. The van der Waals surface area contributed by atoms with Gasteiger partial charge in [-0.05, 0) is 17.7 Å². The largest absolute Gasteiger partial charge is 0.375 e. The Balaban J connectivity index is 2.83. The molecule has 0 saturated carbocycles. The third-order valence-electron chi connectivity index (χ3n) is 1.83. The molecule has 0 spiro atoms. The number of halogens is 1. The normalized spacial score (nSPS) is 11.9. The number of carbonyl (C=O) groups excluding carboxylic acids is 1. The zero-order valence-corrected chi connectivity index (χ0v) is 7.74. The molecule has 0 N–H and O–H groups in total. The van der Waals surface area contributed by atoms with Crippen LogP contribution in [0.25, 0.3) is 0 Å². The lowest BCUT2D eigenvalue weighted by Gasteiger charge is -2.11. The quantitative estimate of drug-likeness (QED) is 0.543. The van der Waals surface area contributed by atoms with Crippen molar-refractivity contribution < 1.29 is 13.9 Å². The minimum absolute atomic E-state index is 0.156. The molecule has 4 heteroatoms. The average Bonchev–Trinajstić information content (AvgIpc) is 2.19. The average molecular weight is 195 g/mol. The number of rotatable bonds is 4. The Morgan fingerprint density at radius 1 is 1.64 bits per heavy atom. The monoisotopic (exact) mass is 195 g/mol. The van der Waals surface area contributed by atoms with Crippen molar-refractivity contribution in [1.82, 2.24) is 0 Å². The molecule has 3 nitrogen and oxygen atoms in total. The summed E-state index contributed by atoms with van der Waals surface area (Å²) in [5, 5.41) is 0. The second-order valence-electron chi connectivity index (χ2n) is 2.71. The molecule has 1 atom stereocenters. The molecule has 0 aliphatic heterocycles. The number of nitrogens with zero attached hydrogens (tertiary/aromatic N) is 1. The van der Waals surface area contributed by atoms with Crippen molar-refractivity contribution in [3.05, 3.63) is 35.6 Å². The van der Waals surface area contributed by atoms with Crippen LogP contribution in [-0.4, -0.2) is 19.7 Å². The van der Waals surface area contributed by atoms with Crippen LogP contribution in [0, 0.1) is 5.82 Å². The van der Waals surface area contributed by atoms with Gasteiger partial charge in [0.25, 0.3) is 0 Å². The van der Waals surface area contributed by atoms with E-state index >= 15 is 0 Å². The van der Waals surface area contributed by atoms with Crippen LogP contribution in [0.4, 0.5) is 4.39 Å². The van der Waals surface area contributed by atoms with Gasteiger partial charge in [0.15, 0.2) is 0 Å². The SMILES string of the molecule is COC(CN=C=O)c1cccc(F)c1. The summed E-state index contributed by atoms with van der Waals surface area (Å²) in [5.41, 5.74) is 0.659. The van der Waals surface area contributed by atoms with Crippen molar-refractivity contribution in [3.8, 4) is 0 Å². The van der Waals surface area contributed by atoms with E-state index in [1.165, 1.54) is 25.3 Å². The summed E-state index contributed by atoms with van der Waals surface area (Å²) in [7, 11) is 1.48. The van der Waals surface area contributed by atoms with Crippen LogP contribution >= 0.6 is 0 Å². The molecule has 0 aliphatic carbocycles. The Morgan fingerprint density at radius 2 is 2.43 bits per heavy atom. The van der Waals surface area contributed by atoms with Crippen molar-refractivity contribution in [2.75, 3.05) is 13.7 Å². The second kappa shape index (κ2) is 5.27. The van der Waals surface area contributed by atoms with Crippen LogP contribution in [0.1, 0.15) is 11.7 Å². The zero-order valence-electron chi connectivity index (χ0n) is 7.74. The van der Waals surface area contributed by atoms with E-state index in [1.54, 1.807) is 12.1 Å². The van der Waals surface area contributed by atoms with Crippen LogP contribution in [0.2, 0.25) is 0 Å². The van der Waals surface area contributed by atoms with E-state index in [0.717, 1.165) is 0 Å². The minimum atomic E-state index is -0.396. The molecule has 14 heavy (non-hydrogen) atoms. The predicted molar refractivity (Wildman–Crippen MR) is 49.1 cm³/mol. The highest BCUT2D eigenvalue weighted by Crippen LogP contribution is 2.17. The summed E-state index contributed by atoms with van der Waals surface area (Å²) in [4.78, 5) is 13.3. The zero-order chi connectivity index (χ0) is 10.4. The molecule has 0 bridgehead atoms. The maximum atomic E-state index is 12.8. The maximum Gasteiger partial charge on any atom is 0.235 e. The lowest BCUT2D eigenvalue weighted by molar-refractivity contribution is 0.110. The number of methoxy groups -OCH3 is 1. The first-order valence-electron chi connectivity index (χ1n) is 4.10. The fourth-order valence-corrected chi connectivity index (χ4v) is 1.14. The Kier molecular flexibility index (Phi) is 3.98. The van der Waals surface area contributed by atoms with Crippen molar-refractivity contribution in [2.24, 2.45) is 4.99 Å². The van der Waals surface area contributed by atoms with Crippen molar-refractivity contribution in [1.29, 1.82) is 0 Å². The third-order valence-corrected chi connectivity index (χ3v) is 1.83. The van der Waals surface area contributed by atoms with Crippen molar-refractivity contribution in [2.45, 2.75) is 6.10 Å². The molecule has 0 saturated heterocycles. The Labute approximate surface area is 81.2 Å². The highest BCUT2D eigenvalue weighted by molar-refractivity contribution is 5.33. The van der Waals surface area contributed by atoms with Crippen LogP contribution in [-0.2, 0) is 9.53 Å². The first-order chi connectivity index (χ1) is 6.77. The number of aliphatic imine (C=N–C) groups is 1. The summed E-state index contributed by atoms with van der Waals surface area (Å²) >= 11 is 0. The first-order valence-corrected chi connectivity index (χ1v) is 4.10.